The molecule has 132 valence electrons. The lowest BCUT2D eigenvalue weighted by Gasteiger charge is -2.39. The number of hydrogen-bond acceptors (Lipinski definition) is 5. The van der Waals surface area contributed by atoms with Crippen molar-refractivity contribution in [2.75, 3.05) is 4.31 Å². The van der Waals surface area contributed by atoms with Crippen molar-refractivity contribution >= 4 is 22.9 Å². The molecule has 0 aromatic heterocycles. The van der Waals surface area contributed by atoms with Crippen LogP contribution in [-0.4, -0.2) is 31.5 Å². The molecule has 3 rings (SSSR count). The van der Waals surface area contributed by atoms with E-state index in [1.807, 2.05) is 6.07 Å². The van der Waals surface area contributed by atoms with Gasteiger partial charge in [-0.25, -0.2) is 5.48 Å². The Kier molecular flexibility index (Phi) is 4.54. The average molecular weight is 353 g/mol. The van der Waals surface area contributed by atoms with E-state index in [2.05, 4.69) is 0 Å². The van der Waals surface area contributed by atoms with Gasteiger partial charge in [-0.15, -0.1) is 0 Å². The lowest BCUT2D eigenvalue weighted by atomic mass is 9.83. The van der Waals surface area contributed by atoms with E-state index in [1.165, 1.54) is 25.7 Å². The topological polar surface area (TPSA) is 102 Å². The first-order chi connectivity index (χ1) is 11.4. The molecular weight excluding hydrogens is 332 g/mol. The number of anilines is 1. The van der Waals surface area contributed by atoms with Gasteiger partial charge in [-0.1, -0.05) is 12.5 Å². The summed E-state index contributed by atoms with van der Waals surface area (Å²) in [6.07, 6.45) is 4.55. The molecule has 1 aliphatic carbocycles. The van der Waals surface area contributed by atoms with E-state index in [9.17, 15) is 13.6 Å². The van der Waals surface area contributed by atoms with Crippen LogP contribution < -0.4 is 14.5 Å². The van der Waals surface area contributed by atoms with Crippen LogP contribution in [0.4, 0.5) is 5.69 Å². The average Bonchev–Trinajstić information content (AvgIpc) is 2.91. The summed E-state index contributed by atoms with van der Waals surface area (Å²) in [5.74, 6) is 0.226. The molecular formula is C16H21N2O5S-. The molecule has 1 amide bonds. The zero-order valence-corrected chi connectivity index (χ0v) is 14.5. The fourth-order valence-electron chi connectivity index (χ4n) is 3.64. The van der Waals surface area contributed by atoms with Crippen molar-refractivity contribution in [3.63, 3.8) is 0 Å². The first-order valence-electron chi connectivity index (χ1n) is 8.01. The molecule has 1 fully saturated rings. The fourth-order valence-corrected chi connectivity index (χ4v) is 4.38. The molecule has 0 radical (unpaired) electrons. The maximum Gasteiger partial charge on any atom is 0.269 e. The summed E-state index contributed by atoms with van der Waals surface area (Å²) >= 11 is -2.70. The molecule has 2 N–H and O–H groups in total. The normalized spacial score (nSPS) is 23.7. The van der Waals surface area contributed by atoms with Crippen molar-refractivity contribution in [2.45, 2.75) is 57.1 Å². The molecule has 8 heteroatoms. The van der Waals surface area contributed by atoms with Crippen LogP contribution in [0.15, 0.2) is 18.2 Å². The molecule has 3 unspecified atom stereocenters. The largest absolute Gasteiger partial charge is 0.755 e. The van der Waals surface area contributed by atoms with Crippen LogP contribution in [0.3, 0.4) is 0 Å². The Morgan fingerprint density at radius 3 is 2.79 bits per heavy atom. The maximum atomic E-state index is 11.9. The smallest absolute Gasteiger partial charge is 0.269 e. The quantitative estimate of drug-likeness (QED) is 0.490. The lowest BCUT2D eigenvalue weighted by molar-refractivity contribution is -0.133. The van der Waals surface area contributed by atoms with Crippen LogP contribution in [0.2, 0.25) is 0 Å². The zero-order valence-electron chi connectivity index (χ0n) is 13.7. The van der Waals surface area contributed by atoms with E-state index in [0.717, 1.165) is 29.1 Å². The van der Waals surface area contributed by atoms with E-state index < -0.39 is 22.7 Å². The number of carbonyl (C=O) groups excluding carboxylic acids is 1. The molecule has 24 heavy (non-hydrogen) atoms. The number of nitrogens with one attached hydrogen (secondary N) is 1. The summed E-state index contributed by atoms with van der Waals surface area (Å²) in [4.78, 5) is 11.9. The van der Waals surface area contributed by atoms with Crippen molar-refractivity contribution in [3.05, 3.63) is 23.8 Å². The Morgan fingerprint density at radius 2 is 2.12 bits per heavy atom. The molecule has 1 aromatic carbocycles. The molecule has 3 atom stereocenters. The van der Waals surface area contributed by atoms with Gasteiger partial charge in [0.05, 0.1) is 5.69 Å². The highest BCUT2D eigenvalue weighted by Gasteiger charge is 2.39. The summed E-state index contributed by atoms with van der Waals surface area (Å²) in [7, 11) is 0. The van der Waals surface area contributed by atoms with Gasteiger partial charge in [0, 0.05) is 28.8 Å². The Morgan fingerprint density at radius 1 is 1.42 bits per heavy atom. The van der Waals surface area contributed by atoms with Gasteiger partial charge in [-0.2, -0.15) is 0 Å². The van der Waals surface area contributed by atoms with Crippen LogP contribution in [0.25, 0.3) is 0 Å². The first-order valence-corrected chi connectivity index (χ1v) is 9.04. The monoisotopic (exact) mass is 353 g/mol. The molecule has 0 saturated heterocycles. The molecule has 1 aliphatic heterocycles. The second-order valence-electron chi connectivity index (χ2n) is 6.78. The summed E-state index contributed by atoms with van der Waals surface area (Å²) < 4.78 is 30.4. The van der Waals surface area contributed by atoms with E-state index in [4.69, 9.17) is 9.94 Å². The number of benzene rings is 1. The standard InChI is InChI=1S/C16H22N2O5S/c1-16(2,15(19)17-20)18(24(21)22)10-7-8-12-11-5-3-4-6-13(11)23-14(12)9-10/h7-9,11,13,20H,3-6H2,1-2H3,(H,17,19)(H,21,22)/p-1. The van der Waals surface area contributed by atoms with Crippen molar-refractivity contribution < 1.29 is 23.5 Å². The SMILES string of the molecule is CC(C)(C(=O)NO)N(c1ccc2c(c1)OC1CCCCC21)S(=O)[O-]. The molecule has 2 aliphatic rings. The van der Waals surface area contributed by atoms with Crippen molar-refractivity contribution in [2.24, 2.45) is 0 Å². The molecule has 1 saturated carbocycles. The van der Waals surface area contributed by atoms with Crippen molar-refractivity contribution in [3.8, 4) is 5.75 Å². The Bertz CT molecular complexity index is 678. The fraction of sp³-hybridized carbons (Fsp3) is 0.562. The third-order valence-corrected chi connectivity index (χ3v) is 5.89. The predicted octanol–water partition coefficient (Wildman–Crippen LogP) is 1.99. The minimum Gasteiger partial charge on any atom is -0.755 e. The highest BCUT2D eigenvalue weighted by Crippen LogP contribution is 2.47. The van der Waals surface area contributed by atoms with Crippen molar-refractivity contribution in [1.82, 2.24) is 5.48 Å². The van der Waals surface area contributed by atoms with E-state index in [-0.39, 0.29) is 6.10 Å². The number of ether oxygens (including phenoxy) is 1. The number of nitrogens with zero attached hydrogens (tertiary/aromatic N) is 1. The van der Waals surface area contributed by atoms with Gasteiger partial charge in [0.2, 0.25) is 0 Å². The highest BCUT2D eigenvalue weighted by molar-refractivity contribution is 7.80. The third kappa shape index (κ3) is 2.78. The minimum atomic E-state index is -2.70. The summed E-state index contributed by atoms with van der Waals surface area (Å²) in [6.45, 7) is 2.84. The van der Waals surface area contributed by atoms with Crippen LogP contribution in [0.1, 0.15) is 51.0 Å². The lowest BCUT2D eigenvalue weighted by Crippen LogP contribution is -2.55. The summed E-state index contributed by atoms with van der Waals surface area (Å²) in [5.41, 5.74) is 1.46. The van der Waals surface area contributed by atoms with Gasteiger partial charge in [-0.3, -0.25) is 18.5 Å². The van der Waals surface area contributed by atoms with E-state index in [1.54, 1.807) is 12.1 Å². The van der Waals surface area contributed by atoms with E-state index >= 15 is 0 Å². The van der Waals surface area contributed by atoms with Crippen LogP contribution in [0.5, 0.6) is 5.75 Å². The van der Waals surface area contributed by atoms with Gasteiger partial charge in [-0.05, 0) is 39.2 Å². The number of hydrogen-bond donors (Lipinski definition) is 2. The molecule has 1 aromatic rings. The van der Waals surface area contributed by atoms with Gasteiger partial charge in [0.25, 0.3) is 5.91 Å². The van der Waals surface area contributed by atoms with Gasteiger partial charge >= 0.3 is 0 Å². The van der Waals surface area contributed by atoms with Crippen LogP contribution >= 0.6 is 0 Å². The second-order valence-corrected chi connectivity index (χ2v) is 7.58. The number of carbonyl (C=O) groups is 1. The number of hydroxylamine groups is 1. The zero-order chi connectivity index (χ0) is 17.5. The Balaban J connectivity index is 1.97. The predicted molar refractivity (Wildman–Crippen MR) is 87.5 cm³/mol. The molecule has 7 nitrogen and oxygen atoms in total. The Hall–Kier alpha value is -1.64. The van der Waals surface area contributed by atoms with Gasteiger partial charge in [0.15, 0.2) is 0 Å². The number of rotatable bonds is 4. The summed E-state index contributed by atoms with van der Waals surface area (Å²) in [6, 6.07) is 5.23. The maximum absolute atomic E-state index is 11.9. The Labute approximate surface area is 143 Å². The second kappa shape index (κ2) is 6.34. The van der Waals surface area contributed by atoms with E-state index in [0.29, 0.717) is 17.4 Å². The van der Waals surface area contributed by atoms with Gasteiger partial charge < -0.3 is 9.29 Å². The van der Waals surface area contributed by atoms with Crippen LogP contribution in [0, 0.1) is 0 Å². The minimum absolute atomic E-state index is 0.156. The van der Waals surface area contributed by atoms with Gasteiger partial charge in [0.1, 0.15) is 17.4 Å². The third-order valence-electron chi connectivity index (χ3n) is 4.93. The number of fused-ring (bicyclic) bond motifs is 3. The highest BCUT2D eigenvalue weighted by atomic mass is 32.2. The number of amides is 1. The summed E-state index contributed by atoms with van der Waals surface area (Å²) in [5, 5.41) is 8.89. The van der Waals surface area contributed by atoms with Crippen molar-refractivity contribution in [1.29, 1.82) is 0 Å². The van der Waals surface area contributed by atoms with Crippen LogP contribution in [-0.2, 0) is 16.1 Å². The molecule has 0 spiro atoms. The molecule has 0 bridgehead atoms. The first kappa shape index (κ1) is 17.2. The molecule has 1 heterocycles.